The van der Waals surface area contributed by atoms with E-state index in [0.29, 0.717) is 0 Å². The van der Waals surface area contributed by atoms with Gasteiger partial charge < -0.3 is 4.74 Å². The summed E-state index contributed by atoms with van der Waals surface area (Å²) >= 11 is 5.90. The van der Waals surface area contributed by atoms with E-state index in [0.717, 1.165) is 18.1 Å². The summed E-state index contributed by atoms with van der Waals surface area (Å²) in [4.78, 5) is 0. The zero-order valence-corrected chi connectivity index (χ0v) is 11.1. The summed E-state index contributed by atoms with van der Waals surface area (Å²) < 4.78 is 5.79. The maximum absolute atomic E-state index is 5.90. The molecule has 1 saturated carbocycles. The number of hydrogen-bond donors (Lipinski definition) is 0. The Morgan fingerprint density at radius 3 is 2.47 bits per heavy atom. The fraction of sp³-hybridized carbons (Fsp3) is 0.467. The molecular formula is C15H17ClO. The van der Waals surface area contributed by atoms with E-state index in [9.17, 15) is 0 Å². The molecule has 2 fully saturated rings. The van der Waals surface area contributed by atoms with E-state index >= 15 is 0 Å². The highest BCUT2D eigenvalue weighted by atomic mass is 35.5. The predicted octanol–water partition coefficient (Wildman–Crippen LogP) is 4.31. The molecule has 0 bridgehead atoms. The van der Waals surface area contributed by atoms with Crippen molar-refractivity contribution in [3.05, 3.63) is 40.4 Å². The first-order valence-electron chi connectivity index (χ1n) is 6.14. The smallest absolute Gasteiger partial charge is 0.118 e. The molecule has 17 heavy (non-hydrogen) atoms. The van der Waals surface area contributed by atoms with Crippen LogP contribution in [0.4, 0.5) is 0 Å². The van der Waals surface area contributed by atoms with Gasteiger partial charge >= 0.3 is 0 Å². The SMILES string of the molecule is CC1(C)CC/C(=C\c2ccc(Cl)cc2)[C@@]12CO2. The van der Waals surface area contributed by atoms with E-state index < -0.39 is 0 Å². The molecule has 1 saturated heterocycles. The Morgan fingerprint density at radius 1 is 1.24 bits per heavy atom. The van der Waals surface area contributed by atoms with Crippen LogP contribution in [0.2, 0.25) is 5.02 Å². The zero-order valence-electron chi connectivity index (χ0n) is 10.3. The average Bonchev–Trinajstić information content (AvgIpc) is 3.04. The highest BCUT2D eigenvalue weighted by molar-refractivity contribution is 6.30. The van der Waals surface area contributed by atoms with E-state index in [-0.39, 0.29) is 11.0 Å². The van der Waals surface area contributed by atoms with Crippen molar-refractivity contribution < 1.29 is 4.74 Å². The maximum atomic E-state index is 5.90. The largest absolute Gasteiger partial charge is 0.364 e. The quantitative estimate of drug-likeness (QED) is 0.675. The molecule has 1 spiro atoms. The van der Waals surface area contributed by atoms with Gasteiger partial charge in [-0.2, -0.15) is 0 Å². The van der Waals surface area contributed by atoms with Crippen LogP contribution >= 0.6 is 11.6 Å². The summed E-state index contributed by atoms with van der Waals surface area (Å²) in [6.07, 6.45) is 4.64. The van der Waals surface area contributed by atoms with Gasteiger partial charge in [-0.05, 0) is 36.1 Å². The summed E-state index contributed by atoms with van der Waals surface area (Å²) in [5.74, 6) is 0. The molecule has 2 aliphatic rings. The van der Waals surface area contributed by atoms with E-state index in [1.807, 2.05) is 12.1 Å². The Balaban J connectivity index is 1.93. The van der Waals surface area contributed by atoms with Crippen molar-refractivity contribution in [3.63, 3.8) is 0 Å². The minimum Gasteiger partial charge on any atom is -0.364 e. The molecule has 90 valence electrons. The first kappa shape index (κ1) is 11.3. The highest BCUT2D eigenvalue weighted by Crippen LogP contribution is 2.59. The van der Waals surface area contributed by atoms with Crippen LogP contribution in [0.15, 0.2) is 29.8 Å². The van der Waals surface area contributed by atoms with Crippen molar-refractivity contribution >= 4 is 17.7 Å². The molecule has 1 heterocycles. The molecule has 3 rings (SSSR count). The summed E-state index contributed by atoms with van der Waals surface area (Å²) in [5, 5.41) is 0.788. The molecule has 0 amide bonds. The lowest BCUT2D eigenvalue weighted by molar-refractivity contribution is 0.197. The van der Waals surface area contributed by atoms with Gasteiger partial charge in [-0.3, -0.25) is 0 Å². The van der Waals surface area contributed by atoms with Crippen LogP contribution < -0.4 is 0 Å². The monoisotopic (exact) mass is 248 g/mol. The maximum Gasteiger partial charge on any atom is 0.118 e. The minimum absolute atomic E-state index is 0.0344. The van der Waals surface area contributed by atoms with Gasteiger partial charge in [0, 0.05) is 10.4 Å². The van der Waals surface area contributed by atoms with Crippen LogP contribution in [0.1, 0.15) is 32.3 Å². The van der Waals surface area contributed by atoms with Gasteiger partial charge in [-0.1, -0.05) is 43.7 Å². The lowest BCUT2D eigenvalue weighted by Gasteiger charge is -2.23. The van der Waals surface area contributed by atoms with E-state index in [1.165, 1.54) is 17.6 Å². The molecule has 0 N–H and O–H groups in total. The summed E-state index contributed by atoms with van der Waals surface area (Å²) in [6.45, 7) is 5.50. The first-order valence-corrected chi connectivity index (χ1v) is 6.52. The van der Waals surface area contributed by atoms with Gasteiger partial charge in [0.2, 0.25) is 0 Å². The first-order chi connectivity index (χ1) is 8.03. The summed E-state index contributed by atoms with van der Waals surface area (Å²) in [5.41, 5.74) is 2.99. The fourth-order valence-electron chi connectivity index (χ4n) is 2.88. The Morgan fingerprint density at radius 2 is 1.88 bits per heavy atom. The van der Waals surface area contributed by atoms with Crippen molar-refractivity contribution in [3.8, 4) is 0 Å². The molecule has 2 heteroatoms. The second kappa shape index (κ2) is 3.60. The minimum atomic E-state index is 0.0344. The zero-order chi connectivity index (χ0) is 12.1. The van der Waals surface area contributed by atoms with Crippen molar-refractivity contribution in [2.24, 2.45) is 5.41 Å². The predicted molar refractivity (Wildman–Crippen MR) is 71.1 cm³/mol. The van der Waals surface area contributed by atoms with Crippen LogP contribution in [0.5, 0.6) is 0 Å². The van der Waals surface area contributed by atoms with Crippen molar-refractivity contribution in [1.29, 1.82) is 0 Å². The second-order valence-corrected chi connectivity index (χ2v) is 6.16. The van der Waals surface area contributed by atoms with E-state index in [1.54, 1.807) is 0 Å². The third-order valence-corrected chi connectivity index (χ3v) is 4.53. The molecule has 0 unspecified atom stereocenters. The summed E-state index contributed by atoms with van der Waals surface area (Å²) in [6, 6.07) is 8.01. The molecule has 1 aliphatic heterocycles. The van der Waals surface area contributed by atoms with E-state index in [2.05, 4.69) is 32.1 Å². The lowest BCUT2D eigenvalue weighted by atomic mass is 9.80. The van der Waals surface area contributed by atoms with Crippen LogP contribution in [-0.2, 0) is 4.74 Å². The van der Waals surface area contributed by atoms with Gasteiger partial charge in [0.25, 0.3) is 0 Å². The molecule has 1 aliphatic carbocycles. The molecule has 1 atom stereocenters. The number of rotatable bonds is 1. The number of ether oxygens (including phenoxy) is 1. The number of benzene rings is 1. The third-order valence-electron chi connectivity index (χ3n) is 4.28. The second-order valence-electron chi connectivity index (χ2n) is 5.72. The van der Waals surface area contributed by atoms with Gasteiger partial charge in [0.05, 0.1) is 6.61 Å². The van der Waals surface area contributed by atoms with Crippen LogP contribution in [0.25, 0.3) is 6.08 Å². The normalized spacial score (nSPS) is 32.3. The molecule has 0 radical (unpaired) electrons. The van der Waals surface area contributed by atoms with Crippen LogP contribution in [0, 0.1) is 5.41 Å². The standard InChI is InChI=1S/C15H17ClO/c1-14(2)8-7-12(15(14)10-17-15)9-11-3-5-13(16)6-4-11/h3-6,9H,7-8,10H2,1-2H3/b12-9+/t15-/m0/s1. The molecular weight excluding hydrogens is 232 g/mol. The third kappa shape index (κ3) is 1.73. The fourth-order valence-corrected chi connectivity index (χ4v) is 3.01. The molecule has 1 aromatic carbocycles. The van der Waals surface area contributed by atoms with E-state index in [4.69, 9.17) is 16.3 Å². The molecule has 1 aromatic rings. The van der Waals surface area contributed by atoms with Crippen molar-refractivity contribution in [2.75, 3.05) is 6.61 Å². The number of hydrogen-bond acceptors (Lipinski definition) is 1. The molecule has 1 nitrogen and oxygen atoms in total. The van der Waals surface area contributed by atoms with Crippen molar-refractivity contribution in [1.82, 2.24) is 0 Å². The Labute approximate surface area is 107 Å². The van der Waals surface area contributed by atoms with Gasteiger partial charge in [0.1, 0.15) is 5.60 Å². The number of epoxide rings is 1. The van der Waals surface area contributed by atoms with Gasteiger partial charge in [0.15, 0.2) is 0 Å². The van der Waals surface area contributed by atoms with Gasteiger partial charge in [-0.25, -0.2) is 0 Å². The highest BCUT2D eigenvalue weighted by Gasteiger charge is 2.62. The van der Waals surface area contributed by atoms with Crippen LogP contribution in [-0.4, -0.2) is 12.2 Å². The average molecular weight is 249 g/mol. The van der Waals surface area contributed by atoms with Crippen LogP contribution in [0.3, 0.4) is 0 Å². The molecule has 0 aromatic heterocycles. The Kier molecular flexibility index (Phi) is 2.39. The van der Waals surface area contributed by atoms with Gasteiger partial charge in [-0.15, -0.1) is 0 Å². The van der Waals surface area contributed by atoms with Crippen molar-refractivity contribution in [2.45, 2.75) is 32.3 Å². The topological polar surface area (TPSA) is 12.5 Å². The Hall–Kier alpha value is -0.790. The lowest BCUT2D eigenvalue weighted by Crippen LogP contribution is -2.27. The summed E-state index contributed by atoms with van der Waals surface area (Å²) in [7, 11) is 0. The Bertz CT molecular complexity index is 466. The number of halogens is 1.